The molecule has 0 spiro atoms. The number of nitrogens with zero attached hydrogens (tertiary/aromatic N) is 3. The Hall–Kier alpha value is -6.72. The summed E-state index contributed by atoms with van der Waals surface area (Å²) in [5.41, 5.74) is 2.82. The first-order chi connectivity index (χ1) is 30.1. The van der Waals surface area contributed by atoms with Crippen molar-refractivity contribution in [2.45, 2.75) is 83.8 Å². The number of nitrogens with one attached hydrogen (secondary N) is 4. The first-order valence-corrected chi connectivity index (χ1v) is 20.9. The number of methoxy groups -OCH3 is 2. The van der Waals surface area contributed by atoms with Crippen LogP contribution in [-0.4, -0.2) is 102 Å². The van der Waals surface area contributed by atoms with E-state index in [1.54, 1.807) is 68.7 Å². The quantitative estimate of drug-likeness (QED) is 0.137. The van der Waals surface area contributed by atoms with Gasteiger partial charge in [0.1, 0.15) is 41.6 Å². The Morgan fingerprint density at radius 1 is 0.683 bits per heavy atom. The molecule has 334 valence electrons. The normalized spacial score (nSPS) is 18.9. The number of halogens is 2. The minimum atomic E-state index is -1.06. The second-order valence-electron chi connectivity index (χ2n) is 16.6. The van der Waals surface area contributed by atoms with E-state index in [1.165, 1.54) is 36.2 Å². The highest BCUT2D eigenvalue weighted by atomic mass is 19.1. The lowest BCUT2D eigenvalue weighted by Gasteiger charge is -2.31. The van der Waals surface area contributed by atoms with Gasteiger partial charge in [0, 0.05) is 53.1 Å². The number of carbonyl (C=O) groups is 6. The van der Waals surface area contributed by atoms with Crippen LogP contribution < -0.4 is 26.0 Å². The van der Waals surface area contributed by atoms with Gasteiger partial charge in [0.05, 0.1) is 25.4 Å². The van der Waals surface area contributed by atoms with Crippen LogP contribution in [0.2, 0.25) is 0 Å². The summed E-state index contributed by atoms with van der Waals surface area (Å²) in [6.45, 7) is 7.82. The summed E-state index contributed by atoms with van der Waals surface area (Å²) in [5.74, 6) is -3.47. The fourth-order valence-corrected chi connectivity index (χ4v) is 8.60. The second kappa shape index (κ2) is 18.3. The Kier molecular flexibility index (Phi) is 12.9. The molecule has 63 heavy (non-hydrogen) atoms. The van der Waals surface area contributed by atoms with Gasteiger partial charge >= 0.3 is 12.2 Å². The van der Waals surface area contributed by atoms with Crippen LogP contribution in [0.1, 0.15) is 65.2 Å². The minimum absolute atomic E-state index is 0.177. The number of benzene rings is 3. The van der Waals surface area contributed by atoms with E-state index in [0.29, 0.717) is 78.1 Å². The molecule has 0 bridgehead atoms. The van der Waals surface area contributed by atoms with Gasteiger partial charge in [-0.2, -0.15) is 0 Å². The molecule has 1 unspecified atom stereocenters. The topological polar surface area (TPSA) is 190 Å². The van der Waals surface area contributed by atoms with Crippen molar-refractivity contribution in [1.82, 2.24) is 25.0 Å². The van der Waals surface area contributed by atoms with Gasteiger partial charge in [-0.1, -0.05) is 27.7 Å². The molecule has 0 saturated carbocycles. The SMILES string of the molecule is COC(=O)NC(C(=O)N1CCC[C@H]1C(=O)Nc1ccc2c(c1)cc1n2[C@H](c2cc(F)cc(F)c2)Oc2cc(NC(=O)[C@@H]3CCCN3C(=O)[C@@H](NC(=O)OC)C(C)C)ccc2-1)C(C)C. The predicted molar refractivity (Wildman–Crippen MR) is 228 cm³/mol. The van der Waals surface area contributed by atoms with Crippen LogP contribution in [0.25, 0.3) is 22.2 Å². The molecule has 3 aliphatic heterocycles. The Morgan fingerprint density at radius 3 is 1.70 bits per heavy atom. The molecule has 1 aromatic heterocycles. The van der Waals surface area contributed by atoms with Crippen LogP contribution in [0.5, 0.6) is 5.75 Å². The zero-order valence-corrected chi connectivity index (χ0v) is 35.8. The van der Waals surface area contributed by atoms with Gasteiger partial charge in [-0.25, -0.2) is 18.4 Å². The largest absolute Gasteiger partial charge is 0.465 e. The van der Waals surface area contributed by atoms with E-state index in [9.17, 15) is 37.5 Å². The smallest absolute Gasteiger partial charge is 0.407 e. The predicted octanol–water partition coefficient (Wildman–Crippen LogP) is 6.15. The maximum Gasteiger partial charge on any atom is 0.407 e. The second-order valence-corrected chi connectivity index (χ2v) is 16.6. The van der Waals surface area contributed by atoms with Crippen molar-refractivity contribution < 1.29 is 51.8 Å². The van der Waals surface area contributed by atoms with Crippen LogP contribution in [0, 0.1) is 23.5 Å². The molecule has 16 nitrogen and oxygen atoms in total. The standard InChI is InChI=1S/C45H51F2N7O9/c1-23(2)37(50-44(59)61-5)41(57)52-15-7-9-33(52)39(55)48-29-12-14-32-25(19-29)20-35-31-13-11-30(22-36(31)63-43(54(32)35)26-17-27(46)21-28(47)18-26)49-40(56)34-10-8-16-53(34)42(58)38(24(3)4)51-45(60)62-6/h11-14,17-24,33-34,37-38,43H,7-10,15-16H2,1-6H3,(H,48,55)(H,49,56)(H,50,59)(H,51,60)/t33-,34-,37?,38-,43-/m0/s1. The van der Waals surface area contributed by atoms with E-state index in [2.05, 4.69) is 21.3 Å². The molecule has 2 fully saturated rings. The number of anilines is 2. The monoisotopic (exact) mass is 871 g/mol. The van der Waals surface area contributed by atoms with E-state index in [-0.39, 0.29) is 23.3 Å². The molecule has 7 rings (SSSR count). The number of likely N-dealkylation sites (tertiary alicyclic amines) is 2. The van der Waals surface area contributed by atoms with Crippen LogP contribution in [0.15, 0.2) is 60.7 Å². The number of ether oxygens (including phenoxy) is 3. The van der Waals surface area contributed by atoms with E-state index in [4.69, 9.17) is 14.2 Å². The lowest BCUT2D eigenvalue weighted by Crippen LogP contribution is -2.54. The van der Waals surface area contributed by atoms with Gasteiger partial charge in [0.15, 0.2) is 0 Å². The number of amides is 6. The van der Waals surface area contributed by atoms with Crippen LogP contribution in [0.4, 0.5) is 29.7 Å². The van der Waals surface area contributed by atoms with Gasteiger partial charge in [-0.05, 0) is 86.1 Å². The maximum atomic E-state index is 14.8. The van der Waals surface area contributed by atoms with Gasteiger partial charge in [-0.3, -0.25) is 19.2 Å². The van der Waals surface area contributed by atoms with Crippen molar-refractivity contribution >= 4 is 58.1 Å². The van der Waals surface area contributed by atoms with Gasteiger partial charge in [-0.15, -0.1) is 0 Å². The van der Waals surface area contributed by atoms with Crippen LogP contribution in [0.3, 0.4) is 0 Å². The lowest BCUT2D eigenvalue weighted by molar-refractivity contribution is -0.139. The highest BCUT2D eigenvalue weighted by Gasteiger charge is 2.41. The fourth-order valence-electron chi connectivity index (χ4n) is 8.60. The zero-order valence-electron chi connectivity index (χ0n) is 35.8. The van der Waals surface area contributed by atoms with Crippen molar-refractivity contribution in [1.29, 1.82) is 0 Å². The number of aromatic nitrogens is 1. The van der Waals surface area contributed by atoms with Crippen molar-refractivity contribution in [3.05, 3.63) is 77.9 Å². The van der Waals surface area contributed by atoms with Gasteiger partial charge in [0.25, 0.3) is 0 Å². The fraction of sp³-hybridized carbons (Fsp3) is 0.422. The molecule has 3 aromatic carbocycles. The molecule has 3 aliphatic rings. The first-order valence-electron chi connectivity index (χ1n) is 20.9. The molecule has 4 aromatic rings. The highest BCUT2D eigenvalue weighted by Crippen LogP contribution is 2.46. The Balaban J connectivity index is 1.16. The summed E-state index contributed by atoms with van der Waals surface area (Å²) in [5, 5.41) is 11.7. The molecule has 5 atom stereocenters. The Morgan fingerprint density at radius 2 is 1.19 bits per heavy atom. The molecular weight excluding hydrogens is 821 g/mol. The van der Waals surface area contributed by atoms with E-state index < -0.39 is 71.9 Å². The molecule has 6 amide bonds. The van der Waals surface area contributed by atoms with E-state index >= 15 is 0 Å². The van der Waals surface area contributed by atoms with E-state index in [0.717, 1.165) is 6.07 Å². The number of alkyl carbamates (subject to hydrolysis) is 2. The third-order valence-electron chi connectivity index (χ3n) is 11.7. The molecule has 4 N–H and O–H groups in total. The van der Waals surface area contributed by atoms with Gasteiger partial charge < -0.3 is 49.8 Å². The first kappa shape index (κ1) is 44.3. The number of hydrogen-bond donors (Lipinski definition) is 4. The van der Waals surface area contributed by atoms with Crippen LogP contribution in [-0.2, 0) is 28.7 Å². The summed E-state index contributed by atoms with van der Waals surface area (Å²) in [6, 6.07) is 11.8. The molecule has 2 saturated heterocycles. The summed E-state index contributed by atoms with van der Waals surface area (Å²) in [4.78, 5) is 81.7. The van der Waals surface area contributed by atoms with Crippen LogP contribution >= 0.6 is 0 Å². The maximum absolute atomic E-state index is 14.8. The number of rotatable bonds is 11. The molecule has 18 heteroatoms. The number of hydrogen-bond acceptors (Lipinski definition) is 9. The minimum Gasteiger partial charge on any atom is -0.465 e. The average Bonchev–Trinajstić information content (AvgIpc) is 4.02. The zero-order chi connectivity index (χ0) is 45.3. The molecule has 0 radical (unpaired) electrons. The number of carbonyl (C=O) groups excluding carboxylic acids is 6. The third kappa shape index (κ3) is 9.11. The highest BCUT2D eigenvalue weighted by molar-refractivity contribution is 6.02. The molecular formula is C45H51F2N7O9. The van der Waals surface area contributed by atoms with Crippen molar-refractivity contribution in [3.8, 4) is 17.0 Å². The van der Waals surface area contributed by atoms with E-state index in [1.807, 2.05) is 6.07 Å². The Labute approximate surface area is 362 Å². The average molecular weight is 872 g/mol. The summed E-state index contributed by atoms with van der Waals surface area (Å²) in [7, 11) is 2.42. The molecule has 0 aliphatic carbocycles. The number of fused-ring (bicyclic) bond motifs is 5. The van der Waals surface area contributed by atoms with Crippen molar-refractivity contribution in [2.24, 2.45) is 11.8 Å². The van der Waals surface area contributed by atoms with Gasteiger partial charge in [0.2, 0.25) is 29.9 Å². The summed E-state index contributed by atoms with van der Waals surface area (Å²) in [6.07, 6.45) is -0.558. The summed E-state index contributed by atoms with van der Waals surface area (Å²) >= 11 is 0. The Bertz CT molecular complexity index is 2440. The van der Waals surface area contributed by atoms with Crippen molar-refractivity contribution in [3.63, 3.8) is 0 Å². The van der Waals surface area contributed by atoms with Crippen molar-refractivity contribution in [2.75, 3.05) is 37.9 Å². The molecule has 4 heterocycles. The third-order valence-corrected chi connectivity index (χ3v) is 11.7. The summed E-state index contributed by atoms with van der Waals surface area (Å²) < 4.78 is 47.2. The lowest BCUT2D eigenvalue weighted by atomic mass is 10.0.